The highest BCUT2D eigenvalue weighted by atomic mass is 15.0. The van der Waals surface area contributed by atoms with Gasteiger partial charge in [-0.3, -0.25) is 4.99 Å². The van der Waals surface area contributed by atoms with Crippen molar-refractivity contribution in [2.75, 3.05) is 7.05 Å². The maximum absolute atomic E-state index is 3.91. The van der Waals surface area contributed by atoms with E-state index in [1.54, 1.807) is 13.1 Å². The molecule has 0 radical (unpaired) electrons. The SMILES string of the molecule is C=C1C=CNC1=NC.C=CC.CC. The van der Waals surface area contributed by atoms with Gasteiger partial charge in [0.2, 0.25) is 0 Å². The summed E-state index contributed by atoms with van der Waals surface area (Å²) in [7, 11) is 1.74. The smallest absolute Gasteiger partial charge is 0.131 e. The van der Waals surface area contributed by atoms with Crippen molar-refractivity contribution in [3.63, 3.8) is 0 Å². The molecule has 0 unspecified atom stereocenters. The number of aliphatic imine (C=N–C) groups is 1. The molecule has 0 bridgehead atoms. The Kier molecular flexibility index (Phi) is 11.7. The molecule has 0 amide bonds. The van der Waals surface area contributed by atoms with Gasteiger partial charge in [0.25, 0.3) is 0 Å². The molecule has 0 atom stereocenters. The molecular formula is C11H20N2. The lowest BCUT2D eigenvalue weighted by Gasteiger charge is -1.92. The predicted molar refractivity (Wildman–Crippen MR) is 62.0 cm³/mol. The summed E-state index contributed by atoms with van der Waals surface area (Å²) in [6.45, 7) is 13.0. The molecule has 74 valence electrons. The Bertz CT molecular complexity index is 200. The van der Waals surface area contributed by atoms with Crippen molar-refractivity contribution in [3.8, 4) is 0 Å². The Morgan fingerprint density at radius 1 is 1.46 bits per heavy atom. The van der Waals surface area contributed by atoms with Crippen LogP contribution in [0.25, 0.3) is 0 Å². The first-order valence-corrected chi connectivity index (χ1v) is 4.42. The number of allylic oxidation sites excluding steroid dienone is 1. The molecule has 0 aromatic carbocycles. The molecule has 1 N–H and O–H groups in total. The van der Waals surface area contributed by atoms with Gasteiger partial charge in [0.05, 0.1) is 0 Å². The van der Waals surface area contributed by atoms with Gasteiger partial charge in [-0.15, -0.1) is 6.58 Å². The minimum absolute atomic E-state index is 0.866. The van der Waals surface area contributed by atoms with Crippen molar-refractivity contribution >= 4 is 5.84 Å². The number of hydrogen-bond acceptors (Lipinski definition) is 1. The van der Waals surface area contributed by atoms with Crippen LogP contribution in [0.5, 0.6) is 0 Å². The Morgan fingerprint density at radius 3 is 2.08 bits per heavy atom. The number of amidine groups is 1. The zero-order valence-corrected chi connectivity index (χ0v) is 9.09. The Balaban J connectivity index is 0. The van der Waals surface area contributed by atoms with Gasteiger partial charge in [0.15, 0.2) is 0 Å². The second-order valence-electron chi connectivity index (χ2n) is 1.98. The second-order valence-corrected chi connectivity index (χ2v) is 1.98. The van der Waals surface area contributed by atoms with Crippen LogP contribution in [-0.2, 0) is 0 Å². The van der Waals surface area contributed by atoms with Crippen molar-refractivity contribution < 1.29 is 0 Å². The Morgan fingerprint density at radius 2 is 1.92 bits per heavy atom. The summed E-state index contributed by atoms with van der Waals surface area (Å²) in [4.78, 5) is 3.91. The zero-order chi connectivity index (χ0) is 10.7. The molecule has 1 heterocycles. The van der Waals surface area contributed by atoms with Crippen molar-refractivity contribution in [2.24, 2.45) is 4.99 Å². The topological polar surface area (TPSA) is 24.4 Å². The molecule has 1 aliphatic rings. The normalized spacial score (nSPS) is 15.1. The van der Waals surface area contributed by atoms with Crippen LogP contribution in [0.4, 0.5) is 0 Å². The first-order valence-electron chi connectivity index (χ1n) is 4.42. The summed E-state index contributed by atoms with van der Waals surface area (Å²) >= 11 is 0. The zero-order valence-electron chi connectivity index (χ0n) is 9.09. The summed E-state index contributed by atoms with van der Waals surface area (Å²) in [5.41, 5.74) is 0.951. The van der Waals surface area contributed by atoms with Crippen molar-refractivity contribution in [1.29, 1.82) is 0 Å². The Hall–Kier alpha value is -1.31. The van der Waals surface area contributed by atoms with Gasteiger partial charge in [-0.05, 0) is 13.0 Å². The predicted octanol–water partition coefficient (Wildman–Crippen LogP) is 2.91. The lowest BCUT2D eigenvalue weighted by molar-refractivity contribution is 1.27. The average Bonchev–Trinajstić information content (AvgIpc) is 2.56. The molecule has 0 aliphatic carbocycles. The maximum atomic E-state index is 3.91. The van der Waals surface area contributed by atoms with Crippen LogP contribution in [-0.4, -0.2) is 12.9 Å². The fraction of sp³-hybridized carbons (Fsp3) is 0.364. The van der Waals surface area contributed by atoms with Crippen LogP contribution in [0.2, 0.25) is 0 Å². The van der Waals surface area contributed by atoms with Gasteiger partial charge in [0.1, 0.15) is 5.84 Å². The first kappa shape index (κ1) is 14.2. The molecule has 0 spiro atoms. The minimum atomic E-state index is 0.866. The molecule has 0 aromatic heterocycles. The molecule has 2 nitrogen and oxygen atoms in total. The average molecular weight is 180 g/mol. The monoisotopic (exact) mass is 180 g/mol. The molecule has 1 rings (SSSR count). The van der Waals surface area contributed by atoms with Gasteiger partial charge in [-0.2, -0.15) is 0 Å². The van der Waals surface area contributed by atoms with E-state index in [0.29, 0.717) is 0 Å². The van der Waals surface area contributed by atoms with Gasteiger partial charge in [-0.25, -0.2) is 0 Å². The van der Waals surface area contributed by atoms with Gasteiger partial charge >= 0.3 is 0 Å². The van der Waals surface area contributed by atoms with E-state index in [-0.39, 0.29) is 0 Å². The van der Waals surface area contributed by atoms with Crippen LogP contribution in [0.15, 0.2) is 42.1 Å². The van der Waals surface area contributed by atoms with Gasteiger partial charge in [0, 0.05) is 18.8 Å². The summed E-state index contributed by atoms with van der Waals surface area (Å²) in [5.74, 6) is 0.866. The Labute approximate surface area is 81.8 Å². The molecule has 0 aromatic rings. The molecule has 0 saturated carbocycles. The van der Waals surface area contributed by atoms with Crippen LogP contribution in [0.1, 0.15) is 20.8 Å². The fourth-order valence-electron chi connectivity index (χ4n) is 0.601. The van der Waals surface area contributed by atoms with E-state index in [9.17, 15) is 0 Å². The molecular weight excluding hydrogens is 160 g/mol. The third-order valence-electron chi connectivity index (χ3n) is 1.03. The summed E-state index contributed by atoms with van der Waals surface area (Å²) in [6.07, 6.45) is 5.47. The van der Waals surface area contributed by atoms with Crippen LogP contribution in [0.3, 0.4) is 0 Å². The highest BCUT2D eigenvalue weighted by molar-refractivity contribution is 6.03. The van der Waals surface area contributed by atoms with E-state index in [4.69, 9.17) is 0 Å². The van der Waals surface area contributed by atoms with E-state index < -0.39 is 0 Å². The van der Waals surface area contributed by atoms with Gasteiger partial charge in [-0.1, -0.05) is 26.5 Å². The lowest BCUT2D eigenvalue weighted by Crippen LogP contribution is -2.11. The van der Waals surface area contributed by atoms with Gasteiger partial charge < -0.3 is 5.32 Å². The van der Waals surface area contributed by atoms with E-state index in [2.05, 4.69) is 23.5 Å². The number of nitrogens with one attached hydrogen (secondary N) is 1. The van der Waals surface area contributed by atoms with E-state index >= 15 is 0 Å². The van der Waals surface area contributed by atoms with Crippen molar-refractivity contribution in [2.45, 2.75) is 20.8 Å². The fourth-order valence-corrected chi connectivity index (χ4v) is 0.601. The van der Waals surface area contributed by atoms with E-state index in [1.165, 1.54) is 0 Å². The summed E-state index contributed by atoms with van der Waals surface area (Å²) in [5, 5.41) is 2.93. The summed E-state index contributed by atoms with van der Waals surface area (Å²) < 4.78 is 0. The second kappa shape index (κ2) is 10.7. The maximum Gasteiger partial charge on any atom is 0.131 e. The highest BCUT2D eigenvalue weighted by Gasteiger charge is 2.01. The molecule has 0 fully saturated rings. The van der Waals surface area contributed by atoms with Crippen molar-refractivity contribution in [1.82, 2.24) is 5.32 Å². The highest BCUT2D eigenvalue weighted by Crippen LogP contribution is 1.99. The third-order valence-corrected chi connectivity index (χ3v) is 1.03. The lowest BCUT2D eigenvalue weighted by atomic mass is 10.3. The number of rotatable bonds is 0. The van der Waals surface area contributed by atoms with E-state index in [1.807, 2.05) is 33.0 Å². The largest absolute Gasteiger partial charge is 0.346 e. The van der Waals surface area contributed by atoms with Crippen LogP contribution in [0, 0.1) is 0 Å². The van der Waals surface area contributed by atoms with Crippen LogP contribution < -0.4 is 5.32 Å². The quantitative estimate of drug-likeness (QED) is 0.569. The number of hydrogen-bond donors (Lipinski definition) is 1. The standard InChI is InChI=1S/C6H8N2.C3H6.C2H6/c1-5-3-4-8-6(5)7-2;1-3-2;1-2/h3-4H,1H2,2H3,(H,7,8);3H,1H2,2H3;1-2H3. The van der Waals surface area contributed by atoms with Crippen molar-refractivity contribution in [3.05, 3.63) is 37.1 Å². The minimum Gasteiger partial charge on any atom is -0.346 e. The number of nitrogens with zero attached hydrogens (tertiary/aromatic N) is 1. The molecule has 0 saturated heterocycles. The molecule has 1 aliphatic heterocycles. The summed E-state index contributed by atoms with van der Waals surface area (Å²) in [6, 6.07) is 0. The molecule has 13 heavy (non-hydrogen) atoms. The van der Waals surface area contributed by atoms with E-state index in [0.717, 1.165) is 11.4 Å². The first-order chi connectivity index (χ1) is 6.26. The molecule has 2 heteroatoms. The third kappa shape index (κ3) is 7.06. The van der Waals surface area contributed by atoms with Crippen LogP contribution >= 0.6 is 0 Å².